The first kappa shape index (κ1) is 27.4. The number of ether oxygens (including phenoxy) is 2. The number of hydrogen-bond acceptors (Lipinski definition) is 5. The van der Waals surface area contributed by atoms with Gasteiger partial charge in [-0.3, -0.25) is 9.10 Å². The minimum atomic E-state index is -5.03. The van der Waals surface area contributed by atoms with Gasteiger partial charge < -0.3 is 9.47 Å². The van der Waals surface area contributed by atoms with Crippen molar-refractivity contribution in [2.24, 2.45) is 5.92 Å². The number of aryl methyl sites for hydroxylation is 1. The van der Waals surface area contributed by atoms with Crippen LogP contribution in [-0.2, 0) is 35.3 Å². The fraction of sp³-hybridized carbons (Fsp3) is 0.519. The predicted molar refractivity (Wildman–Crippen MR) is 133 cm³/mol. The topological polar surface area (TPSA) is 72.9 Å². The molecule has 2 aromatic rings. The summed E-state index contributed by atoms with van der Waals surface area (Å²) in [4.78, 5) is 13.0. The molecule has 0 radical (unpaired) electrons. The number of rotatable bonds is 3. The van der Waals surface area contributed by atoms with E-state index in [-0.39, 0.29) is 16.1 Å². The molecule has 4 rings (SSSR count). The van der Waals surface area contributed by atoms with Crippen LogP contribution in [0.5, 0.6) is 0 Å². The summed E-state index contributed by atoms with van der Waals surface area (Å²) in [5.74, 6) is -2.46. The number of anilines is 1. The molecule has 0 bridgehead atoms. The van der Waals surface area contributed by atoms with E-state index in [0.29, 0.717) is 5.56 Å². The van der Waals surface area contributed by atoms with Crippen molar-refractivity contribution in [1.82, 2.24) is 0 Å². The molecule has 0 saturated carbocycles. The first-order valence-electron chi connectivity index (χ1n) is 12.0. The molecule has 3 unspecified atom stereocenters. The third-order valence-corrected chi connectivity index (χ3v) is 8.56. The van der Waals surface area contributed by atoms with E-state index in [1.807, 2.05) is 20.8 Å². The van der Waals surface area contributed by atoms with Gasteiger partial charge in [0.1, 0.15) is 17.6 Å². The van der Waals surface area contributed by atoms with Crippen molar-refractivity contribution in [2.75, 3.05) is 10.9 Å². The quantitative estimate of drug-likeness (QED) is 0.474. The fourth-order valence-electron chi connectivity index (χ4n) is 4.97. The molecule has 0 aromatic heterocycles. The van der Waals surface area contributed by atoms with Crippen molar-refractivity contribution in [3.8, 4) is 0 Å². The van der Waals surface area contributed by atoms with Crippen LogP contribution < -0.4 is 4.31 Å². The Bertz CT molecular complexity index is 1320. The second-order valence-electron chi connectivity index (χ2n) is 11.7. The summed E-state index contributed by atoms with van der Waals surface area (Å²) in [6.07, 6.45) is -5.03. The molecule has 0 N–H and O–H groups in total. The van der Waals surface area contributed by atoms with E-state index in [9.17, 15) is 13.2 Å². The average molecular weight is 540 g/mol. The molecule has 37 heavy (non-hydrogen) atoms. The monoisotopic (exact) mass is 539 g/mol. The van der Waals surface area contributed by atoms with Crippen LogP contribution in [0.2, 0.25) is 0 Å². The number of benzene rings is 2. The number of halogens is 3. The number of sulfonamides is 1. The summed E-state index contributed by atoms with van der Waals surface area (Å²) < 4.78 is 85.0. The van der Waals surface area contributed by atoms with Gasteiger partial charge in [-0.25, -0.2) is 8.42 Å². The van der Waals surface area contributed by atoms with Crippen LogP contribution in [0.1, 0.15) is 58.2 Å². The Morgan fingerprint density at radius 3 is 2.14 bits per heavy atom. The lowest BCUT2D eigenvalue weighted by atomic mass is 9.81. The largest absolute Gasteiger partial charge is 0.460 e. The first-order chi connectivity index (χ1) is 16.8. The SMILES string of the molecule is Cc1ccc(S(=O)(=O)N2c3ccc(C(C)(C)C)cc3C3(C(F)(F)F)OCC(C(=O)OC(C)(C)C)C23)cc1. The van der Waals surface area contributed by atoms with Crippen LogP contribution in [0.25, 0.3) is 0 Å². The molecule has 2 aromatic carbocycles. The van der Waals surface area contributed by atoms with Gasteiger partial charge in [0, 0.05) is 5.56 Å². The minimum absolute atomic E-state index is 0.163. The maximum absolute atomic E-state index is 15.1. The zero-order valence-electron chi connectivity index (χ0n) is 21.9. The third kappa shape index (κ3) is 4.41. The summed E-state index contributed by atoms with van der Waals surface area (Å²) in [5.41, 5.74) is -3.68. The fourth-order valence-corrected chi connectivity index (χ4v) is 6.69. The van der Waals surface area contributed by atoms with E-state index >= 15 is 13.2 Å². The van der Waals surface area contributed by atoms with E-state index in [1.165, 1.54) is 24.3 Å². The van der Waals surface area contributed by atoms with Crippen LogP contribution in [0.3, 0.4) is 0 Å². The number of carbonyl (C=O) groups excluding carboxylic acids is 1. The van der Waals surface area contributed by atoms with Gasteiger partial charge in [0.2, 0.25) is 5.60 Å². The summed E-state index contributed by atoms with van der Waals surface area (Å²) >= 11 is 0. The van der Waals surface area contributed by atoms with Crippen molar-refractivity contribution in [2.45, 2.75) is 82.2 Å². The highest BCUT2D eigenvalue weighted by molar-refractivity contribution is 7.93. The molecule has 0 spiro atoms. The van der Waals surface area contributed by atoms with Gasteiger partial charge in [0.25, 0.3) is 10.0 Å². The molecule has 3 atom stereocenters. The number of hydrogen-bond donors (Lipinski definition) is 0. The van der Waals surface area contributed by atoms with Gasteiger partial charge in [-0.05, 0) is 62.9 Å². The molecular formula is C27H32F3NO5S. The van der Waals surface area contributed by atoms with E-state index in [2.05, 4.69) is 0 Å². The zero-order chi connectivity index (χ0) is 27.8. The molecule has 202 valence electrons. The van der Waals surface area contributed by atoms with Crippen LogP contribution in [0.15, 0.2) is 47.4 Å². The summed E-state index contributed by atoms with van der Waals surface area (Å²) in [5, 5.41) is 0. The van der Waals surface area contributed by atoms with Crippen LogP contribution >= 0.6 is 0 Å². The number of carbonyl (C=O) groups is 1. The predicted octanol–water partition coefficient (Wildman–Crippen LogP) is 5.62. The standard InChI is InChI=1S/C27H32F3NO5S/c1-16-8-11-18(12-9-16)37(33,34)31-21-13-10-17(24(2,3)4)14-20(21)26(27(28,29)30)22(31)19(15-35-26)23(32)36-25(5,6)7/h8-14,19,22H,15H2,1-7H3. The highest BCUT2D eigenvalue weighted by Gasteiger charge is 2.75. The van der Waals surface area contributed by atoms with Gasteiger partial charge >= 0.3 is 12.1 Å². The lowest BCUT2D eigenvalue weighted by molar-refractivity contribution is -0.269. The van der Waals surface area contributed by atoms with Gasteiger partial charge in [0.15, 0.2) is 0 Å². The smallest absolute Gasteiger partial charge is 0.423 e. The molecule has 0 amide bonds. The first-order valence-corrected chi connectivity index (χ1v) is 13.4. The second-order valence-corrected chi connectivity index (χ2v) is 13.5. The number of alkyl halides is 3. The second kappa shape index (κ2) is 8.46. The highest BCUT2D eigenvalue weighted by Crippen LogP contribution is 2.61. The Kier molecular flexibility index (Phi) is 6.27. The molecule has 2 aliphatic rings. The van der Waals surface area contributed by atoms with Crippen LogP contribution in [0, 0.1) is 12.8 Å². The van der Waals surface area contributed by atoms with Crippen LogP contribution in [-0.4, -0.2) is 38.8 Å². The highest BCUT2D eigenvalue weighted by atomic mass is 32.2. The maximum atomic E-state index is 15.1. The Hall–Kier alpha value is -2.59. The molecule has 0 aliphatic carbocycles. The molecule has 6 nitrogen and oxygen atoms in total. The number of esters is 1. The molecule has 10 heteroatoms. The average Bonchev–Trinajstić information content (AvgIpc) is 3.26. The molecule has 2 aliphatic heterocycles. The van der Waals surface area contributed by atoms with Crippen LogP contribution in [0.4, 0.5) is 18.9 Å². The maximum Gasteiger partial charge on any atom is 0.423 e. The summed E-state index contributed by atoms with van der Waals surface area (Å²) in [6.45, 7) is 11.5. The van der Waals surface area contributed by atoms with Crippen molar-refractivity contribution in [1.29, 1.82) is 0 Å². The van der Waals surface area contributed by atoms with Crippen molar-refractivity contribution < 1.29 is 35.9 Å². The number of fused-ring (bicyclic) bond motifs is 3. The minimum Gasteiger partial charge on any atom is -0.460 e. The van der Waals surface area contributed by atoms with E-state index in [1.54, 1.807) is 45.9 Å². The lowest BCUT2D eigenvalue weighted by Crippen LogP contribution is -2.56. The Labute approximate surface area is 215 Å². The summed E-state index contributed by atoms with van der Waals surface area (Å²) in [7, 11) is -4.53. The van der Waals surface area contributed by atoms with E-state index in [4.69, 9.17) is 9.47 Å². The van der Waals surface area contributed by atoms with Gasteiger partial charge in [0.05, 0.1) is 17.2 Å². The molecule has 2 heterocycles. The lowest BCUT2D eigenvalue weighted by Gasteiger charge is -2.35. The third-order valence-electron chi connectivity index (χ3n) is 6.75. The van der Waals surface area contributed by atoms with Crippen molar-refractivity contribution >= 4 is 21.7 Å². The zero-order valence-corrected chi connectivity index (χ0v) is 22.8. The van der Waals surface area contributed by atoms with E-state index < -0.39 is 57.4 Å². The summed E-state index contributed by atoms with van der Waals surface area (Å²) in [6, 6.07) is 8.27. The Morgan fingerprint density at radius 2 is 1.62 bits per heavy atom. The normalized spacial score (nSPS) is 24.1. The van der Waals surface area contributed by atoms with Crippen molar-refractivity contribution in [3.05, 3.63) is 59.2 Å². The number of nitrogens with zero attached hydrogens (tertiary/aromatic N) is 1. The van der Waals surface area contributed by atoms with Gasteiger partial charge in [-0.2, -0.15) is 13.2 Å². The Morgan fingerprint density at radius 1 is 1.03 bits per heavy atom. The molecule has 1 fully saturated rings. The van der Waals surface area contributed by atoms with Gasteiger partial charge in [-0.15, -0.1) is 0 Å². The molecular weight excluding hydrogens is 507 g/mol. The van der Waals surface area contributed by atoms with Crippen molar-refractivity contribution in [3.63, 3.8) is 0 Å². The van der Waals surface area contributed by atoms with Gasteiger partial charge in [-0.1, -0.05) is 44.5 Å². The van der Waals surface area contributed by atoms with E-state index in [0.717, 1.165) is 9.87 Å². The Balaban J connectivity index is 2.02. The molecule has 1 saturated heterocycles.